The maximum atomic E-state index is 12.2. The summed E-state index contributed by atoms with van der Waals surface area (Å²) in [6.45, 7) is 2.33. The lowest BCUT2D eigenvalue weighted by molar-refractivity contribution is 0.0939. The summed E-state index contributed by atoms with van der Waals surface area (Å²) in [5, 5.41) is 5.64. The number of rotatable bonds is 5. The Morgan fingerprint density at radius 2 is 1.85 bits per heavy atom. The number of thiazole rings is 1. The minimum atomic E-state index is -0.370. The maximum absolute atomic E-state index is 12.2. The van der Waals surface area contributed by atoms with Crippen LogP contribution in [0.1, 0.15) is 21.1 Å². The molecule has 0 saturated carbocycles. The highest BCUT2D eigenvalue weighted by molar-refractivity contribution is 7.80. The number of ether oxygens (including phenoxy) is 1. The fourth-order valence-electron chi connectivity index (χ4n) is 2.12. The summed E-state index contributed by atoms with van der Waals surface area (Å²) in [6, 6.07) is 17.2. The molecule has 0 aliphatic carbocycles. The Labute approximate surface area is 166 Å². The number of aryl methyl sites for hydroxylation is 1. The predicted molar refractivity (Wildman–Crippen MR) is 111 cm³/mol. The third-order valence-electron chi connectivity index (χ3n) is 3.49. The molecule has 1 heterocycles. The molecule has 8 heteroatoms. The number of carbonyl (C=O) groups is 1. The predicted octanol–water partition coefficient (Wildman–Crippen LogP) is 3.66. The van der Waals surface area contributed by atoms with Crippen LogP contribution in [0.2, 0.25) is 0 Å². The standard InChI is InChI=1S/C19H18N4O2S2/c1-13-7-9-15(10-8-13)25-11-17-21-16(12-27-17)18(24)22-23-19(26)20-14-5-3-2-4-6-14/h2-10,12H,11H2,1H3,(H,22,24)(H2,20,23,26). The van der Waals surface area contributed by atoms with E-state index in [0.29, 0.717) is 17.3 Å². The van der Waals surface area contributed by atoms with Crippen molar-refractivity contribution in [2.45, 2.75) is 13.5 Å². The molecule has 0 radical (unpaired) electrons. The van der Waals surface area contributed by atoms with Gasteiger partial charge in [0.25, 0.3) is 5.91 Å². The number of hydrogen-bond acceptors (Lipinski definition) is 5. The van der Waals surface area contributed by atoms with Crippen LogP contribution >= 0.6 is 23.6 Å². The van der Waals surface area contributed by atoms with Crippen LogP contribution in [0, 0.1) is 6.92 Å². The monoisotopic (exact) mass is 398 g/mol. The lowest BCUT2D eigenvalue weighted by Crippen LogP contribution is -2.43. The number of hydrogen-bond donors (Lipinski definition) is 3. The molecule has 3 aromatic rings. The molecule has 1 amide bonds. The van der Waals surface area contributed by atoms with Crippen LogP contribution in [0.15, 0.2) is 60.0 Å². The number of nitrogens with zero attached hydrogens (tertiary/aromatic N) is 1. The van der Waals surface area contributed by atoms with Crippen molar-refractivity contribution in [3.8, 4) is 5.75 Å². The zero-order valence-electron chi connectivity index (χ0n) is 14.6. The van der Waals surface area contributed by atoms with Crippen molar-refractivity contribution in [1.82, 2.24) is 15.8 Å². The van der Waals surface area contributed by atoms with Crippen LogP contribution < -0.4 is 20.9 Å². The molecule has 0 aliphatic heterocycles. The van der Waals surface area contributed by atoms with Crippen molar-refractivity contribution in [2.75, 3.05) is 5.32 Å². The number of thiocarbonyl (C=S) groups is 1. The van der Waals surface area contributed by atoms with Gasteiger partial charge in [0.2, 0.25) is 0 Å². The van der Waals surface area contributed by atoms with Crippen molar-refractivity contribution in [3.05, 3.63) is 76.2 Å². The highest BCUT2D eigenvalue weighted by Gasteiger charge is 2.11. The molecule has 0 spiro atoms. The van der Waals surface area contributed by atoms with E-state index in [4.69, 9.17) is 17.0 Å². The number of hydrazine groups is 1. The van der Waals surface area contributed by atoms with Gasteiger partial charge in [0.1, 0.15) is 23.1 Å². The Kier molecular flexibility index (Phi) is 6.35. The van der Waals surface area contributed by atoms with Crippen molar-refractivity contribution < 1.29 is 9.53 Å². The molecule has 0 fully saturated rings. The maximum Gasteiger partial charge on any atom is 0.289 e. The first-order valence-electron chi connectivity index (χ1n) is 8.16. The second-order valence-corrected chi connectivity index (χ2v) is 6.98. The lowest BCUT2D eigenvalue weighted by atomic mass is 10.2. The molecular weight excluding hydrogens is 380 g/mol. The molecule has 0 aliphatic rings. The number of amides is 1. The summed E-state index contributed by atoms with van der Waals surface area (Å²) in [6.07, 6.45) is 0. The Balaban J connectivity index is 1.46. The Hall–Kier alpha value is -2.97. The number of benzene rings is 2. The minimum absolute atomic E-state index is 0.285. The molecular formula is C19H18N4O2S2. The number of aromatic nitrogens is 1. The van der Waals surface area contributed by atoms with Crippen LogP contribution in [-0.4, -0.2) is 16.0 Å². The first kappa shape index (κ1) is 18.8. The molecule has 2 aromatic carbocycles. The number of nitrogens with one attached hydrogen (secondary N) is 3. The second-order valence-electron chi connectivity index (χ2n) is 5.63. The van der Waals surface area contributed by atoms with Gasteiger partial charge in [-0.3, -0.25) is 15.6 Å². The van der Waals surface area contributed by atoms with Gasteiger partial charge in [0, 0.05) is 11.1 Å². The highest BCUT2D eigenvalue weighted by atomic mass is 32.1. The van der Waals surface area contributed by atoms with E-state index in [-0.39, 0.29) is 11.0 Å². The van der Waals surface area contributed by atoms with Gasteiger partial charge >= 0.3 is 0 Å². The lowest BCUT2D eigenvalue weighted by Gasteiger charge is -2.10. The van der Waals surface area contributed by atoms with Gasteiger partial charge in [-0.05, 0) is 43.4 Å². The average molecular weight is 399 g/mol. The first-order chi connectivity index (χ1) is 13.1. The number of carbonyl (C=O) groups excluding carboxylic acids is 1. The van der Waals surface area contributed by atoms with Gasteiger partial charge in [0.15, 0.2) is 5.11 Å². The van der Waals surface area contributed by atoms with Gasteiger partial charge < -0.3 is 10.1 Å². The summed E-state index contributed by atoms with van der Waals surface area (Å²) in [4.78, 5) is 16.5. The average Bonchev–Trinajstić information content (AvgIpc) is 3.16. The highest BCUT2D eigenvalue weighted by Crippen LogP contribution is 2.16. The van der Waals surface area contributed by atoms with Gasteiger partial charge in [0.05, 0.1) is 0 Å². The van der Waals surface area contributed by atoms with E-state index >= 15 is 0 Å². The van der Waals surface area contributed by atoms with E-state index < -0.39 is 0 Å². The summed E-state index contributed by atoms with van der Waals surface area (Å²) in [7, 11) is 0. The van der Waals surface area contributed by atoms with E-state index in [1.165, 1.54) is 16.9 Å². The number of anilines is 1. The molecule has 0 bridgehead atoms. The molecule has 27 heavy (non-hydrogen) atoms. The zero-order valence-corrected chi connectivity index (χ0v) is 16.2. The van der Waals surface area contributed by atoms with Crippen LogP contribution in [-0.2, 0) is 6.61 Å². The number of para-hydroxylation sites is 1. The molecule has 0 atom stereocenters. The summed E-state index contributed by atoms with van der Waals surface area (Å²) in [5.41, 5.74) is 7.48. The smallest absolute Gasteiger partial charge is 0.289 e. The Morgan fingerprint density at radius 3 is 2.59 bits per heavy atom. The molecule has 3 rings (SSSR count). The van der Waals surface area contributed by atoms with E-state index in [0.717, 1.165) is 11.4 Å². The Morgan fingerprint density at radius 1 is 1.11 bits per heavy atom. The minimum Gasteiger partial charge on any atom is -0.486 e. The van der Waals surface area contributed by atoms with Crippen LogP contribution in [0.4, 0.5) is 5.69 Å². The van der Waals surface area contributed by atoms with Gasteiger partial charge in [-0.25, -0.2) is 4.98 Å². The largest absolute Gasteiger partial charge is 0.486 e. The van der Waals surface area contributed by atoms with Gasteiger partial charge in [-0.15, -0.1) is 11.3 Å². The van der Waals surface area contributed by atoms with Crippen LogP contribution in [0.5, 0.6) is 5.75 Å². The molecule has 138 valence electrons. The van der Waals surface area contributed by atoms with Crippen molar-refractivity contribution in [3.63, 3.8) is 0 Å². The normalized spacial score (nSPS) is 10.1. The summed E-state index contributed by atoms with van der Waals surface area (Å²) in [5.74, 6) is 0.394. The van der Waals surface area contributed by atoms with Crippen LogP contribution in [0.3, 0.4) is 0 Å². The van der Waals surface area contributed by atoms with E-state index in [1.807, 2.05) is 61.5 Å². The van der Waals surface area contributed by atoms with E-state index in [9.17, 15) is 4.79 Å². The Bertz CT molecular complexity index is 911. The third-order valence-corrected chi connectivity index (χ3v) is 4.52. The summed E-state index contributed by atoms with van der Waals surface area (Å²) < 4.78 is 5.67. The fourth-order valence-corrected chi connectivity index (χ4v) is 2.98. The molecule has 6 nitrogen and oxygen atoms in total. The van der Waals surface area contributed by atoms with Crippen molar-refractivity contribution in [2.24, 2.45) is 0 Å². The zero-order chi connectivity index (χ0) is 19.1. The van der Waals surface area contributed by atoms with Gasteiger partial charge in [-0.1, -0.05) is 35.9 Å². The quantitative estimate of drug-likeness (QED) is 0.450. The second kappa shape index (κ2) is 9.11. The van der Waals surface area contributed by atoms with Crippen LogP contribution in [0.25, 0.3) is 0 Å². The van der Waals surface area contributed by atoms with Crippen molar-refractivity contribution >= 4 is 40.3 Å². The SMILES string of the molecule is Cc1ccc(OCc2nc(C(=O)NNC(=S)Nc3ccccc3)cs2)cc1. The third kappa shape index (κ3) is 5.77. The molecule has 0 unspecified atom stereocenters. The van der Waals surface area contributed by atoms with Gasteiger partial charge in [-0.2, -0.15) is 0 Å². The fraction of sp³-hybridized carbons (Fsp3) is 0.105. The molecule has 3 N–H and O–H groups in total. The topological polar surface area (TPSA) is 75.3 Å². The van der Waals surface area contributed by atoms with Crippen molar-refractivity contribution in [1.29, 1.82) is 0 Å². The first-order valence-corrected chi connectivity index (χ1v) is 9.45. The summed E-state index contributed by atoms with van der Waals surface area (Å²) >= 11 is 6.50. The molecule has 0 saturated heterocycles. The van der Waals surface area contributed by atoms with E-state index in [1.54, 1.807) is 5.38 Å². The van der Waals surface area contributed by atoms with E-state index in [2.05, 4.69) is 21.2 Å². The molecule has 1 aromatic heterocycles.